The first kappa shape index (κ1) is 28.1. The lowest BCUT2D eigenvalue weighted by molar-refractivity contribution is -0.553. The maximum absolute atomic E-state index is 6.89. The van der Waals surface area contributed by atoms with Gasteiger partial charge in [0.15, 0.2) is 16.6 Å². The van der Waals surface area contributed by atoms with E-state index in [-0.39, 0.29) is 12.0 Å². The van der Waals surface area contributed by atoms with Crippen LogP contribution in [0, 0.1) is 0 Å². The number of aryl methyl sites for hydroxylation is 1. The number of benzene rings is 6. The van der Waals surface area contributed by atoms with Gasteiger partial charge in [0.1, 0.15) is 22.5 Å². The average molecular weight is 633 g/mol. The Labute approximate surface area is 284 Å². The number of hydrogen-bond acceptors (Lipinski definition) is 2. The maximum atomic E-state index is 6.89. The van der Waals surface area contributed by atoms with Crippen molar-refractivity contribution in [3.05, 3.63) is 163 Å². The Morgan fingerprint density at radius 2 is 1.55 bits per heavy atom. The Balaban J connectivity index is 1.34. The lowest BCUT2D eigenvalue weighted by Gasteiger charge is -2.32. The van der Waals surface area contributed by atoms with Crippen molar-refractivity contribution in [2.45, 2.75) is 31.2 Å². The number of nitrogens with zero attached hydrogens (tertiary/aromatic N) is 3. The van der Waals surface area contributed by atoms with Gasteiger partial charge in [-0.05, 0) is 59.7 Å². The summed E-state index contributed by atoms with van der Waals surface area (Å²) in [7, 11) is 0. The van der Waals surface area contributed by atoms with E-state index in [1.807, 2.05) is 6.08 Å². The van der Waals surface area contributed by atoms with E-state index >= 15 is 0 Å². The van der Waals surface area contributed by atoms with Gasteiger partial charge < -0.3 is 4.42 Å². The summed E-state index contributed by atoms with van der Waals surface area (Å²) in [5.41, 5.74) is 12.1. The van der Waals surface area contributed by atoms with Gasteiger partial charge in [-0.1, -0.05) is 116 Å². The van der Waals surface area contributed by atoms with E-state index in [1.54, 1.807) is 0 Å². The molecule has 0 saturated heterocycles. The predicted octanol–water partition coefficient (Wildman–Crippen LogP) is 10.6. The van der Waals surface area contributed by atoms with Crippen LogP contribution in [0.15, 0.2) is 156 Å². The van der Waals surface area contributed by atoms with Crippen molar-refractivity contribution >= 4 is 55.2 Å². The maximum Gasteiger partial charge on any atom is 0.304 e. The van der Waals surface area contributed by atoms with Gasteiger partial charge >= 0.3 is 5.82 Å². The van der Waals surface area contributed by atoms with E-state index < -0.39 is 0 Å². The molecular weight excluding hydrogens is 599 g/mol. The van der Waals surface area contributed by atoms with Crippen LogP contribution < -0.4 is 4.57 Å². The van der Waals surface area contributed by atoms with Gasteiger partial charge in [0.05, 0.1) is 11.8 Å². The Hall–Kier alpha value is -6.00. The summed E-state index contributed by atoms with van der Waals surface area (Å²) in [5, 5.41) is 4.65. The third-order valence-corrected chi connectivity index (χ3v) is 10.7. The first-order chi connectivity index (χ1) is 24.2. The molecule has 2 aliphatic heterocycles. The molecule has 4 nitrogen and oxygen atoms in total. The van der Waals surface area contributed by atoms with Crippen LogP contribution in [-0.2, 0) is 6.42 Å². The van der Waals surface area contributed by atoms with Crippen molar-refractivity contribution in [1.82, 2.24) is 4.57 Å². The van der Waals surface area contributed by atoms with Crippen molar-refractivity contribution in [2.24, 2.45) is 4.99 Å². The summed E-state index contributed by atoms with van der Waals surface area (Å²) in [4.78, 5) is 5.38. The molecule has 0 saturated carbocycles. The molecule has 2 unspecified atom stereocenters. The molecule has 2 atom stereocenters. The van der Waals surface area contributed by atoms with E-state index in [4.69, 9.17) is 16.0 Å². The van der Waals surface area contributed by atoms with Crippen LogP contribution in [0.1, 0.15) is 35.4 Å². The largest absolute Gasteiger partial charge is 0.455 e. The normalized spacial score (nSPS) is 17.4. The minimum Gasteiger partial charge on any atom is -0.455 e. The molecule has 0 fully saturated rings. The molecule has 0 bridgehead atoms. The molecule has 4 heterocycles. The van der Waals surface area contributed by atoms with Crippen LogP contribution in [-0.4, -0.2) is 16.3 Å². The SMILES string of the molecule is C=CC1=NC2CC(=C)n3c([n+](-c4cccc5ccccc45)c4ccccc43)-c3c(ccc4c3oc3ccccc34)CCC2c2ccccc21. The van der Waals surface area contributed by atoms with Crippen molar-refractivity contribution in [3.63, 3.8) is 0 Å². The van der Waals surface area contributed by atoms with Crippen molar-refractivity contribution in [1.29, 1.82) is 0 Å². The second kappa shape index (κ2) is 10.8. The fourth-order valence-electron chi connectivity index (χ4n) is 8.59. The molecule has 4 heteroatoms. The van der Waals surface area contributed by atoms with Gasteiger partial charge in [-0.3, -0.25) is 4.99 Å². The van der Waals surface area contributed by atoms with Crippen LogP contribution in [0.3, 0.4) is 0 Å². The van der Waals surface area contributed by atoms with Crippen LogP contribution in [0.2, 0.25) is 0 Å². The van der Waals surface area contributed by atoms with Crippen molar-refractivity contribution in [2.75, 3.05) is 0 Å². The van der Waals surface area contributed by atoms with Gasteiger partial charge in [0.25, 0.3) is 0 Å². The van der Waals surface area contributed by atoms with E-state index in [9.17, 15) is 0 Å². The highest BCUT2D eigenvalue weighted by Gasteiger charge is 2.38. The zero-order valence-electron chi connectivity index (χ0n) is 27.1. The van der Waals surface area contributed by atoms with Crippen molar-refractivity contribution < 1.29 is 8.98 Å². The second-order valence-electron chi connectivity index (χ2n) is 13.3. The summed E-state index contributed by atoms with van der Waals surface area (Å²) < 4.78 is 11.7. The van der Waals surface area contributed by atoms with Crippen LogP contribution in [0.5, 0.6) is 0 Å². The molecule has 0 aliphatic carbocycles. The quantitative estimate of drug-likeness (QED) is 0.175. The van der Waals surface area contributed by atoms with E-state index in [1.165, 1.54) is 27.5 Å². The molecule has 10 rings (SSSR count). The Morgan fingerprint density at radius 1 is 0.776 bits per heavy atom. The number of fused-ring (bicyclic) bond motifs is 13. The smallest absolute Gasteiger partial charge is 0.304 e. The van der Waals surface area contributed by atoms with E-state index in [0.29, 0.717) is 6.42 Å². The third kappa shape index (κ3) is 4.10. The third-order valence-electron chi connectivity index (χ3n) is 10.7. The number of imidazole rings is 1. The molecular formula is C45H34N3O+. The Kier molecular flexibility index (Phi) is 6.16. The topological polar surface area (TPSA) is 34.3 Å². The molecule has 0 radical (unpaired) electrons. The molecule has 0 amide bonds. The summed E-state index contributed by atoms with van der Waals surface area (Å²) >= 11 is 0. The number of aliphatic imine (C=N–C) groups is 1. The Morgan fingerprint density at radius 3 is 2.47 bits per heavy atom. The zero-order valence-corrected chi connectivity index (χ0v) is 27.1. The standard InChI is InChI=1S/C45H34N3O/c1-3-37-33-17-7-6-16-32(33)34-25-23-30-24-26-36-35-18-8-11-22-42(35)49-44(36)43(30)45-47(28(2)27-38(34)46-37)40-19-9-10-20-41(40)48(45)39-21-12-14-29-13-4-5-15-31(29)39/h3-22,24,26,34,38H,1-2,23,25,27H2/q+1. The van der Waals surface area contributed by atoms with Crippen LogP contribution >= 0.6 is 0 Å². The fraction of sp³-hybridized carbons (Fsp3) is 0.111. The lowest BCUT2D eigenvalue weighted by Crippen LogP contribution is -2.34. The van der Waals surface area contributed by atoms with Gasteiger partial charge in [-0.25, -0.2) is 0 Å². The number of rotatable bonds is 2. The number of para-hydroxylation sites is 3. The lowest BCUT2D eigenvalue weighted by atomic mass is 9.78. The summed E-state index contributed by atoms with van der Waals surface area (Å²) in [5.74, 6) is 1.30. The van der Waals surface area contributed by atoms with Crippen LogP contribution in [0.25, 0.3) is 66.5 Å². The summed E-state index contributed by atoms with van der Waals surface area (Å²) in [6.45, 7) is 9.02. The summed E-state index contributed by atoms with van der Waals surface area (Å²) in [6.07, 6.45) is 4.45. The van der Waals surface area contributed by atoms with E-state index in [2.05, 4.69) is 143 Å². The van der Waals surface area contributed by atoms with Gasteiger partial charge in [-0.15, -0.1) is 0 Å². The molecule has 6 aromatic carbocycles. The zero-order chi connectivity index (χ0) is 32.6. The number of hydrogen-bond donors (Lipinski definition) is 0. The highest BCUT2D eigenvalue weighted by atomic mass is 16.3. The first-order valence-corrected chi connectivity index (χ1v) is 17.1. The van der Waals surface area contributed by atoms with E-state index in [0.717, 1.165) is 74.3 Å². The number of allylic oxidation sites excluding steroid dienone is 1. The molecule has 8 aromatic rings. The minimum absolute atomic E-state index is 0.0342. The second-order valence-corrected chi connectivity index (χ2v) is 13.3. The van der Waals surface area contributed by atoms with Crippen LogP contribution in [0.4, 0.5) is 0 Å². The molecule has 2 aliphatic rings. The number of furan rings is 1. The average Bonchev–Trinajstić information content (AvgIpc) is 3.69. The van der Waals surface area contributed by atoms with Gasteiger partial charge in [0.2, 0.25) is 0 Å². The summed E-state index contributed by atoms with van der Waals surface area (Å²) in [6, 6.07) is 45.7. The predicted molar refractivity (Wildman–Crippen MR) is 202 cm³/mol. The van der Waals surface area contributed by atoms with Gasteiger partial charge in [-0.2, -0.15) is 9.13 Å². The molecule has 49 heavy (non-hydrogen) atoms. The highest BCUT2D eigenvalue weighted by Crippen LogP contribution is 2.45. The molecule has 0 spiro atoms. The fourth-order valence-corrected chi connectivity index (χ4v) is 8.59. The Bertz CT molecular complexity index is 2700. The van der Waals surface area contributed by atoms with Crippen molar-refractivity contribution in [3.8, 4) is 17.1 Å². The number of aromatic nitrogens is 2. The highest BCUT2D eigenvalue weighted by molar-refractivity contribution is 6.11. The molecule has 2 aromatic heterocycles. The minimum atomic E-state index is 0.0342. The molecule has 0 N–H and O–H groups in total. The first-order valence-electron chi connectivity index (χ1n) is 17.1. The molecule has 234 valence electrons. The van der Waals surface area contributed by atoms with Gasteiger partial charge in [0, 0.05) is 34.1 Å². The monoisotopic (exact) mass is 632 g/mol.